The van der Waals surface area contributed by atoms with E-state index in [1.807, 2.05) is 0 Å². The van der Waals surface area contributed by atoms with Gasteiger partial charge in [-0.1, -0.05) is 12.1 Å². The van der Waals surface area contributed by atoms with Crippen molar-refractivity contribution in [1.29, 1.82) is 0 Å². The fourth-order valence-electron chi connectivity index (χ4n) is 2.70. The molecule has 0 aliphatic carbocycles. The molecule has 1 aliphatic rings. The number of carbonyl (C=O) groups is 1. The Morgan fingerprint density at radius 1 is 1.32 bits per heavy atom. The summed E-state index contributed by atoms with van der Waals surface area (Å²) in [4.78, 5) is 11.9. The monoisotopic (exact) mass is 372 g/mol. The molecule has 25 heavy (non-hydrogen) atoms. The molecule has 8 heteroatoms. The highest BCUT2D eigenvalue weighted by atomic mass is 32.2. The fraction of sp³-hybridized carbons (Fsp3) is 0.588. The van der Waals surface area contributed by atoms with E-state index in [1.54, 1.807) is 12.1 Å². The van der Waals surface area contributed by atoms with Crippen molar-refractivity contribution in [2.24, 2.45) is 0 Å². The Morgan fingerprint density at radius 3 is 2.64 bits per heavy atom. The number of nitrogens with zero attached hydrogens (tertiary/aromatic N) is 1. The number of rotatable bonds is 9. The summed E-state index contributed by atoms with van der Waals surface area (Å²) in [6.45, 7) is 1.57. The zero-order valence-corrected chi connectivity index (χ0v) is 15.2. The van der Waals surface area contributed by atoms with E-state index in [1.165, 1.54) is 16.4 Å². The predicted molar refractivity (Wildman–Crippen MR) is 93.1 cm³/mol. The lowest BCUT2D eigenvalue weighted by molar-refractivity contribution is -0.121. The van der Waals surface area contributed by atoms with Gasteiger partial charge in [-0.15, -0.1) is 0 Å². The van der Waals surface area contributed by atoms with Gasteiger partial charge >= 0.3 is 0 Å². The molecule has 1 aromatic carbocycles. The van der Waals surface area contributed by atoms with Gasteiger partial charge in [-0.05, 0) is 37.0 Å². The minimum Gasteiger partial charge on any atom is -0.376 e. The van der Waals surface area contributed by atoms with Gasteiger partial charge in [0.15, 0.2) is 0 Å². The summed E-state index contributed by atoms with van der Waals surface area (Å²) in [6, 6.07) is 5.95. The summed E-state index contributed by atoms with van der Waals surface area (Å²) >= 11 is 0. The summed E-state index contributed by atoms with van der Waals surface area (Å²) in [5.74, 6) is -0.516. The molecule has 2 rings (SSSR count). The quantitative estimate of drug-likeness (QED) is 0.709. The van der Waals surface area contributed by atoms with E-state index in [0.717, 1.165) is 31.3 Å². The van der Waals surface area contributed by atoms with Gasteiger partial charge in [-0.2, -0.15) is 0 Å². The average Bonchev–Trinajstić information content (AvgIpc) is 3.06. The Kier molecular flexibility index (Phi) is 7.34. The number of halogens is 1. The zero-order chi connectivity index (χ0) is 18.3. The average molecular weight is 372 g/mol. The summed E-state index contributed by atoms with van der Waals surface area (Å²) in [5.41, 5.74) is 0.845. The highest BCUT2D eigenvalue weighted by Gasteiger charge is 2.19. The van der Waals surface area contributed by atoms with E-state index >= 15 is 0 Å². The van der Waals surface area contributed by atoms with Crippen LogP contribution in [0.25, 0.3) is 0 Å². The Morgan fingerprint density at radius 2 is 2.04 bits per heavy atom. The summed E-state index contributed by atoms with van der Waals surface area (Å²) in [6.07, 6.45) is 3.70. The van der Waals surface area contributed by atoms with Crippen LogP contribution < -0.4 is 5.32 Å². The lowest BCUT2D eigenvalue weighted by Crippen LogP contribution is -2.37. The van der Waals surface area contributed by atoms with Crippen LogP contribution in [-0.2, 0) is 26.0 Å². The van der Waals surface area contributed by atoms with Crippen molar-refractivity contribution in [3.63, 3.8) is 0 Å². The van der Waals surface area contributed by atoms with Gasteiger partial charge in [0, 0.05) is 32.7 Å². The first-order chi connectivity index (χ1) is 11.8. The van der Waals surface area contributed by atoms with Crippen LogP contribution >= 0.6 is 0 Å². The van der Waals surface area contributed by atoms with Crippen molar-refractivity contribution in [2.45, 2.75) is 31.8 Å². The predicted octanol–water partition coefficient (Wildman–Crippen LogP) is 1.32. The van der Waals surface area contributed by atoms with Crippen LogP contribution in [0, 0.1) is 5.82 Å². The normalized spacial score (nSPS) is 17.8. The third-order valence-corrected chi connectivity index (χ3v) is 5.47. The number of benzene rings is 1. The molecule has 0 saturated carbocycles. The van der Waals surface area contributed by atoms with Crippen LogP contribution in [-0.4, -0.2) is 57.2 Å². The minimum absolute atomic E-state index is 0.0634. The standard InChI is InChI=1S/C17H25FN2O4S/c1-25(22,23)20(10-8-14-4-6-15(18)7-5-14)11-9-17(21)19-13-16-3-2-12-24-16/h4-7,16H,2-3,8-13H2,1H3,(H,19,21). The van der Waals surface area contributed by atoms with Crippen LogP contribution in [0.5, 0.6) is 0 Å². The molecule has 1 aromatic rings. The topological polar surface area (TPSA) is 75.7 Å². The number of hydrogen-bond acceptors (Lipinski definition) is 4. The second-order valence-corrected chi connectivity index (χ2v) is 8.21. The molecule has 1 amide bonds. The van der Waals surface area contributed by atoms with E-state index in [0.29, 0.717) is 13.0 Å². The van der Waals surface area contributed by atoms with Crippen LogP contribution in [0.1, 0.15) is 24.8 Å². The molecule has 1 aliphatic heterocycles. The van der Waals surface area contributed by atoms with Crippen molar-refractivity contribution in [3.05, 3.63) is 35.6 Å². The second kappa shape index (κ2) is 9.26. The smallest absolute Gasteiger partial charge is 0.221 e. The molecular formula is C17H25FN2O4S. The molecule has 1 N–H and O–H groups in total. The van der Waals surface area contributed by atoms with Gasteiger partial charge in [0.1, 0.15) is 5.82 Å². The number of sulfonamides is 1. The molecule has 0 bridgehead atoms. The number of ether oxygens (including phenoxy) is 1. The molecule has 1 heterocycles. The van der Waals surface area contributed by atoms with Gasteiger partial charge in [-0.25, -0.2) is 17.1 Å². The summed E-state index contributed by atoms with van der Waals surface area (Å²) < 4.78 is 43.4. The van der Waals surface area contributed by atoms with Gasteiger partial charge in [0.05, 0.1) is 12.4 Å². The number of nitrogens with one attached hydrogen (secondary N) is 1. The molecule has 1 fully saturated rings. The molecule has 1 atom stereocenters. The van der Waals surface area contributed by atoms with Crippen LogP contribution in [0.4, 0.5) is 4.39 Å². The largest absolute Gasteiger partial charge is 0.376 e. The second-order valence-electron chi connectivity index (χ2n) is 6.23. The molecular weight excluding hydrogens is 347 g/mol. The maximum absolute atomic E-state index is 12.9. The van der Waals surface area contributed by atoms with Crippen LogP contribution in [0.15, 0.2) is 24.3 Å². The third-order valence-electron chi connectivity index (χ3n) is 4.17. The van der Waals surface area contributed by atoms with Crippen molar-refractivity contribution in [1.82, 2.24) is 9.62 Å². The van der Waals surface area contributed by atoms with E-state index in [9.17, 15) is 17.6 Å². The zero-order valence-electron chi connectivity index (χ0n) is 14.4. The Bertz CT molecular complexity index is 658. The summed E-state index contributed by atoms with van der Waals surface area (Å²) in [5, 5.41) is 2.78. The first-order valence-corrected chi connectivity index (χ1v) is 10.3. The summed E-state index contributed by atoms with van der Waals surface area (Å²) in [7, 11) is -3.41. The first kappa shape index (κ1) is 19.8. The van der Waals surface area contributed by atoms with E-state index in [-0.39, 0.29) is 37.3 Å². The van der Waals surface area contributed by atoms with E-state index < -0.39 is 10.0 Å². The molecule has 0 aromatic heterocycles. The number of carbonyl (C=O) groups excluding carboxylic acids is 1. The number of amides is 1. The van der Waals surface area contributed by atoms with Crippen molar-refractivity contribution in [3.8, 4) is 0 Å². The lowest BCUT2D eigenvalue weighted by atomic mass is 10.1. The van der Waals surface area contributed by atoms with E-state index in [4.69, 9.17) is 4.74 Å². The maximum Gasteiger partial charge on any atom is 0.221 e. The van der Waals surface area contributed by atoms with Crippen molar-refractivity contribution < 1.29 is 22.3 Å². The molecule has 0 spiro atoms. The highest BCUT2D eigenvalue weighted by Crippen LogP contribution is 2.11. The van der Waals surface area contributed by atoms with Crippen LogP contribution in [0.2, 0.25) is 0 Å². The number of hydrogen-bond donors (Lipinski definition) is 1. The third kappa shape index (κ3) is 7.09. The SMILES string of the molecule is CS(=O)(=O)N(CCC(=O)NCC1CCCO1)CCc1ccc(F)cc1. The van der Waals surface area contributed by atoms with Crippen molar-refractivity contribution in [2.75, 3.05) is 32.5 Å². The first-order valence-electron chi connectivity index (χ1n) is 8.42. The molecule has 0 radical (unpaired) electrons. The van der Waals surface area contributed by atoms with Gasteiger partial charge in [0.25, 0.3) is 0 Å². The van der Waals surface area contributed by atoms with Gasteiger partial charge < -0.3 is 10.1 Å². The van der Waals surface area contributed by atoms with Gasteiger partial charge in [0.2, 0.25) is 15.9 Å². The minimum atomic E-state index is -3.41. The Balaban J connectivity index is 1.78. The maximum atomic E-state index is 12.9. The molecule has 140 valence electrons. The fourth-order valence-corrected chi connectivity index (χ4v) is 3.54. The molecule has 1 unspecified atom stereocenters. The van der Waals surface area contributed by atoms with Crippen molar-refractivity contribution >= 4 is 15.9 Å². The Labute approximate surface area is 148 Å². The van der Waals surface area contributed by atoms with Gasteiger partial charge in [-0.3, -0.25) is 4.79 Å². The van der Waals surface area contributed by atoms with E-state index in [2.05, 4.69) is 5.32 Å². The van der Waals surface area contributed by atoms with Crippen LogP contribution in [0.3, 0.4) is 0 Å². The molecule has 6 nitrogen and oxygen atoms in total. The lowest BCUT2D eigenvalue weighted by Gasteiger charge is -2.20. The molecule has 1 saturated heterocycles. The Hall–Kier alpha value is -1.51. The highest BCUT2D eigenvalue weighted by molar-refractivity contribution is 7.88.